The molecule has 0 aliphatic carbocycles. The van der Waals surface area contributed by atoms with Crippen molar-refractivity contribution < 1.29 is 4.74 Å². The van der Waals surface area contributed by atoms with Gasteiger partial charge in [0.25, 0.3) is 0 Å². The molecule has 0 aliphatic rings. The van der Waals surface area contributed by atoms with Crippen molar-refractivity contribution in [2.24, 2.45) is 5.41 Å². The number of aromatic nitrogens is 3. The van der Waals surface area contributed by atoms with Gasteiger partial charge in [-0.25, -0.2) is 9.67 Å². The molecular formula is C25H40ClN3O. The molecule has 1 aromatic carbocycles. The number of ether oxygens (including phenoxy) is 1. The van der Waals surface area contributed by atoms with Gasteiger partial charge in [0.05, 0.1) is 17.7 Å². The molecule has 168 valence electrons. The Morgan fingerprint density at radius 2 is 1.80 bits per heavy atom. The zero-order valence-corrected chi connectivity index (χ0v) is 20.8. The van der Waals surface area contributed by atoms with Gasteiger partial charge in [-0.1, -0.05) is 52.8 Å². The molecule has 0 saturated heterocycles. The molecule has 0 N–H and O–H groups in total. The van der Waals surface area contributed by atoms with Gasteiger partial charge in [0, 0.05) is 6.42 Å². The van der Waals surface area contributed by atoms with Crippen LogP contribution in [0.3, 0.4) is 0 Å². The summed E-state index contributed by atoms with van der Waals surface area (Å²) < 4.78 is 7.42. The molecule has 0 amide bonds. The Morgan fingerprint density at radius 3 is 2.20 bits per heavy atom. The van der Waals surface area contributed by atoms with E-state index in [9.17, 15) is 0 Å². The monoisotopic (exact) mass is 433 g/mol. The van der Waals surface area contributed by atoms with E-state index in [0.29, 0.717) is 23.5 Å². The Kier molecular flexibility index (Phi) is 13.8. The summed E-state index contributed by atoms with van der Waals surface area (Å²) in [7, 11) is 0. The lowest BCUT2D eigenvalue weighted by atomic mass is 9.90. The van der Waals surface area contributed by atoms with Crippen molar-refractivity contribution in [3.05, 3.63) is 60.7 Å². The van der Waals surface area contributed by atoms with Crippen LogP contribution in [-0.4, -0.2) is 20.9 Å². The fourth-order valence-electron chi connectivity index (χ4n) is 2.42. The Morgan fingerprint density at radius 1 is 1.20 bits per heavy atom. The Labute approximate surface area is 189 Å². The average molecular weight is 434 g/mol. The molecule has 0 atom stereocenters. The molecule has 0 aliphatic heterocycles. The van der Waals surface area contributed by atoms with Gasteiger partial charge in [0.2, 0.25) is 0 Å². The topological polar surface area (TPSA) is 39.9 Å². The molecule has 1 aromatic heterocycles. The second-order valence-electron chi connectivity index (χ2n) is 7.49. The molecule has 0 fully saturated rings. The van der Waals surface area contributed by atoms with E-state index in [4.69, 9.17) is 16.3 Å². The minimum atomic E-state index is 0.159. The first-order valence-electron chi connectivity index (χ1n) is 10.8. The van der Waals surface area contributed by atoms with Crippen LogP contribution >= 0.6 is 11.6 Å². The number of nitrogens with zero attached hydrogens (tertiary/aromatic N) is 3. The van der Waals surface area contributed by atoms with Crippen molar-refractivity contribution >= 4 is 11.6 Å². The minimum Gasteiger partial charge on any atom is -0.491 e. The summed E-state index contributed by atoms with van der Waals surface area (Å²) in [4.78, 5) is 4.38. The maximum Gasteiger partial charge on any atom is 0.166 e. The van der Waals surface area contributed by atoms with Crippen LogP contribution in [0.5, 0.6) is 5.75 Å². The minimum absolute atomic E-state index is 0.159. The normalized spacial score (nSPS) is 10.9. The van der Waals surface area contributed by atoms with E-state index < -0.39 is 0 Å². The summed E-state index contributed by atoms with van der Waals surface area (Å²) in [6, 6.07) is 7.76. The Bertz CT molecular complexity index is 746. The van der Waals surface area contributed by atoms with Gasteiger partial charge < -0.3 is 4.74 Å². The standard InChI is InChI=1S/C15H18ClN3O.C8H16.C2H6/c1-4-5-15-17-14(10-16)18-19(15)12-6-8-13(9-7-12)20-11(2)3;1-5-7-8(3,4)6-2;1-2/h4,6-9,11H,1,5,10H2,2-3H3;5,7H,6H2,1-4H3;1-2H3/b;7-5+;. The molecule has 0 radical (unpaired) electrons. The number of hydrogen-bond donors (Lipinski definition) is 0. The van der Waals surface area contributed by atoms with E-state index in [1.165, 1.54) is 6.42 Å². The van der Waals surface area contributed by atoms with Gasteiger partial charge in [-0.2, -0.15) is 0 Å². The third-order valence-electron chi connectivity index (χ3n) is 4.15. The lowest BCUT2D eigenvalue weighted by molar-refractivity contribution is 0.242. The quantitative estimate of drug-likeness (QED) is 0.318. The van der Waals surface area contributed by atoms with E-state index in [-0.39, 0.29) is 6.10 Å². The van der Waals surface area contributed by atoms with Crippen molar-refractivity contribution in [1.29, 1.82) is 0 Å². The molecule has 2 rings (SSSR count). The van der Waals surface area contributed by atoms with Crippen molar-refractivity contribution in [1.82, 2.24) is 14.8 Å². The number of benzene rings is 1. The molecule has 0 spiro atoms. The summed E-state index contributed by atoms with van der Waals surface area (Å²) >= 11 is 5.80. The summed E-state index contributed by atoms with van der Waals surface area (Å²) in [5.41, 5.74) is 1.34. The van der Waals surface area contributed by atoms with Gasteiger partial charge in [0.15, 0.2) is 5.82 Å². The number of hydrogen-bond acceptors (Lipinski definition) is 3. The number of rotatable bonds is 8. The van der Waals surface area contributed by atoms with Gasteiger partial charge >= 0.3 is 0 Å². The van der Waals surface area contributed by atoms with E-state index in [1.807, 2.05) is 52.0 Å². The summed E-state index contributed by atoms with van der Waals surface area (Å²) in [5, 5.41) is 4.39. The first-order valence-corrected chi connectivity index (χ1v) is 11.3. The lowest BCUT2D eigenvalue weighted by Crippen LogP contribution is -2.06. The second-order valence-corrected chi connectivity index (χ2v) is 7.75. The number of halogens is 1. The Hall–Kier alpha value is -2.07. The number of alkyl halides is 1. The molecule has 30 heavy (non-hydrogen) atoms. The summed E-state index contributed by atoms with van der Waals surface area (Å²) in [6.07, 6.45) is 8.18. The van der Waals surface area contributed by atoms with Crippen LogP contribution in [-0.2, 0) is 12.3 Å². The molecule has 0 saturated carbocycles. The zero-order chi connectivity index (χ0) is 23.2. The smallest absolute Gasteiger partial charge is 0.166 e. The lowest BCUT2D eigenvalue weighted by Gasteiger charge is -2.15. The highest BCUT2D eigenvalue weighted by molar-refractivity contribution is 6.16. The van der Waals surface area contributed by atoms with Crippen molar-refractivity contribution in [2.75, 3.05) is 0 Å². The van der Waals surface area contributed by atoms with E-state index >= 15 is 0 Å². The van der Waals surface area contributed by atoms with E-state index in [1.54, 1.807) is 10.8 Å². The molecule has 1 heterocycles. The predicted molar refractivity (Wildman–Crippen MR) is 131 cm³/mol. The van der Waals surface area contributed by atoms with Gasteiger partial charge in [-0.05, 0) is 56.9 Å². The third-order valence-corrected chi connectivity index (χ3v) is 4.39. The fourth-order valence-corrected chi connectivity index (χ4v) is 2.54. The van der Waals surface area contributed by atoms with Crippen molar-refractivity contribution in [3.8, 4) is 11.4 Å². The highest BCUT2D eigenvalue weighted by Gasteiger charge is 2.10. The molecule has 0 bridgehead atoms. The molecule has 0 unspecified atom stereocenters. The van der Waals surface area contributed by atoms with Crippen LogP contribution in [0.2, 0.25) is 0 Å². The zero-order valence-electron chi connectivity index (χ0n) is 20.1. The molecule has 2 aromatic rings. The van der Waals surface area contributed by atoms with Crippen LogP contribution in [0, 0.1) is 5.41 Å². The van der Waals surface area contributed by atoms with Crippen LogP contribution in [0.1, 0.15) is 73.5 Å². The number of allylic oxidation sites excluding steroid dienone is 3. The van der Waals surface area contributed by atoms with Gasteiger partial charge in [0.1, 0.15) is 11.6 Å². The van der Waals surface area contributed by atoms with Crippen molar-refractivity contribution in [3.63, 3.8) is 0 Å². The fraction of sp³-hybridized carbons (Fsp3) is 0.520. The first-order chi connectivity index (χ1) is 14.3. The third kappa shape index (κ3) is 10.1. The average Bonchev–Trinajstić information content (AvgIpc) is 3.13. The second kappa shape index (κ2) is 14.8. The maximum atomic E-state index is 5.80. The SMILES string of the molecule is C/C=C/C(C)(C)CC.C=CCc1nc(CCl)nn1-c1ccc(OC(C)C)cc1.CC. The van der Waals surface area contributed by atoms with Crippen molar-refractivity contribution in [2.45, 2.75) is 80.2 Å². The van der Waals surface area contributed by atoms with E-state index in [2.05, 4.69) is 56.5 Å². The highest BCUT2D eigenvalue weighted by Crippen LogP contribution is 2.20. The molecule has 4 nitrogen and oxygen atoms in total. The van der Waals surface area contributed by atoms with Crippen LogP contribution in [0.25, 0.3) is 5.69 Å². The van der Waals surface area contributed by atoms with Crippen LogP contribution in [0.4, 0.5) is 0 Å². The van der Waals surface area contributed by atoms with Gasteiger partial charge in [-0.3, -0.25) is 0 Å². The highest BCUT2D eigenvalue weighted by atomic mass is 35.5. The molecule has 5 heteroatoms. The van der Waals surface area contributed by atoms with E-state index in [0.717, 1.165) is 17.3 Å². The predicted octanol–water partition coefficient (Wildman–Crippen LogP) is 7.55. The molecular weight excluding hydrogens is 394 g/mol. The maximum absolute atomic E-state index is 5.80. The largest absolute Gasteiger partial charge is 0.491 e. The summed E-state index contributed by atoms with van der Waals surface area (Å²) in [6.45, 7) is 20.5. The van der Waals surface area contributed by atoms with Crippen LogP contribution < -0.4 is 4.74 Å². The first kappa shape index (κ1) is 27.9. The summed E-state index contributed by atoms with van der Waals surface area (Å²) in [5.74, 6) is 2.58. The van der Waals surface area contributed by atoms with Crippen LogP contribution in [0.15, 0.2) is 49.1 Å². The Balaban J connectivity index is 0.000000712. The van der Waals surface area contributed by atoms with Gasteiger partial charge in [-0.15, -0.1) is 23.3 Å².